The van der Waals surface area contributed by atoms with Crippen molar-refractivity contribution < 1.29 is 9.47 Å². The Balaban J connectivity index is 1.47. The first kappa shape index (κ1) is 14.5. The molecule has 118 valence electrons. The van der Waals surface area contributed by atoms with Gasteiger partial charge in [-0.1, -0.05) is 18.0 Å². The van der Waals surface area contributed by atoms with Crippen molar-refractivity contribution in [2.45, 2.75) is 50.2 Å². The highest BCUT2D eigenvalue weighted by Gasteiger charge is 2.28. The van der Waals surface area contributed by atoms with E-state index in [0.29, 0.717) is 18.1 Å². The first-order valence-electron chi connectivity index (χ1n) is 8.16. The smallest absolute Gasteiger partial charge is 0.0924 e. The molecule has 0 unspecified atom stereocenters. The molecule has 0 radical (unpaired) electrons. The summed E-state index contributed by atoms with van der Waals surface area (Å²) in [5.41, 5.74) is 2.20. The molecular formula is C17H21ClN2O2. The number of nitrogens with one attached hydrogen (secondary N) is 1. The standard InChI is InChI=1S/C17H21ClN2O2/c18-12-4-5-16-15(9-12)17(20-19-16)11-2-1-3-13(8-11)22-10-14-6-7-21-14/h4-5,9,11,13-14H,1-3,6-8,10H2,(H,19,20)/t11-,13+,14+/m1/s1. The molecule has 2 aromatic rings. The van der Waals surface area contributed by atoms with Gasteiger partial charge >= 0.3 is 0 Å². The molecule has 1 aromatic carbocycles. The van der Waals surface area contributed by atoms with Crippen molar-refractivity contribution in [1.29, 1.82) is 0 Å². The second-order valence-corrected chi connectivity index (χ2v) is 6.84. The topological polar surface area (TPSA) is 47.1 Å². The van der Waals surface area contributed by atoms with Crippen LogP contribution in [0.1, 0.15) is 43.7 Å². The van der Waals surface area contributed by atoms with Crippen LogP contribution < -0.4 is 0 Å². The van der Waals surface area contributed by atoms with Gasteiger partial charge in [0.1, 0.15) is 0 Å². The number of ether oxygens (including phenoxy) is 2. The maximum absolute atomic E-state index is 6.14. The molecule has 1 saturated carbocycles. The monoisotopic (exact) mass is 320 g/mol. The highest BCUT2D eigenvalue weighted by Crippen LogP contribution is 2.37. The van der Waals surface area contributed by atoms with E-state index in [1.807, 2.05) is 18.2 Å². The Labute approximate surface area is 135 Å². The number of benzene rings is 1. The summed E-state index contributed by atoms with van der Waals surface area (Å²) in [6.45, 7) is 1.63. The zero-order valence-corrected chi connectivity index (χ0v) is 13.3. The molecule has 0 spiro atoms. The van der Waals surface area contributed by atoms with E-state index in [1.54, 1.807) is 0 Å². The van der Waals surface area contributed by atoms with Gasteiger partial charge in [0.2, 0.25) is 0 Å². The van der Waals surface area contributed by atoms with Crippen LogP contribution >= 0.6 is 11.6 Å². The van der Waals surface area contributed by atoms with Crippen LogP contribution in [0.3, 0.4) is 0 Å². The Bertz CT molecular complexity index is 653. The molecular weight excluding hydrogens is 300 g/mol. The van der Waals surface area contributed by atoms with Gasteiger partial charge in [0.05, 0.1) is 24.3 Å². The summed E-state index contributed by atoms with van der Waals surface area (Å²) in [5, 5.41) is 9.56. The lowest BCUT2D eigenvalue weighted by molar-refractivity contribution is -0.114. The summed E-state index contributed by atoms with van der Waals surface area (Å²) in [5.74, 6) is 0.476. The third-order valence-electron chi connectivity index (χ3n) is 4.89. The molecule has 1 aromatic heterocycles. The number of aromatic nitrogens is 2. The number of aromatic amines is 1. The van der Waals surface area contributed by atoms with Gasteiger partial charge in [0.15, 0.2) is 0 Å². The SMILES string of the molecule is Clc1ccc2n[nH]c([C@@H]3CCC[C@H](OC[C@@H]4CCO4)C3)c2c1. The van der Waals surface area contributed by atoms with E-state index in [2.05, 4.69) is 10.2 Å². The molecule has 2 aliphatic rings. The van der Waals surface area contributed by atoms with Gasteiger partial charge in [0, 0.05) is 28.6 Å². The number of rotatable bonds is 4. The van der Waals surface area contributed by atoms with Crippen LogP contribution in [0.5, 0.6) is 0 Å². The minimum Gasteiger partial charge on any atom is -0.376 e. The molecule has 1 saturated heterocycles. The van der Waals surface area contributed by atoms with Crippen molar-refractivity contribution >= 4 is 22.5 Å². The van der Waals surface area contributed by atoms with Crippen LogP contribution in [-0.2, 0) is 9.47 Å². The largest absolute Gasteiger partial charge is 0.376 e. The number of hydrogen-bond donors (Lipinski definition) is 1. The molecule has 0 amide bonds. The van der Waals surface area contributed by atoms with E-state index in [1.165, 1.54) is 18.5 Å². The van der Waals surface area contributed by atoms with Crippen molar-refractivity contribution in [3.05, 3.63) is 28.9 Å². The quantitative estimate of drug-likeness (QED) is 0.924. The highest BCUT2D eigenvalue weighted by atomic mass is 35.5. The number of hydrogen-bond acceptors (Lipinski definition) is 3. The molecule has 4 nitrogen and oxygen atoms in total. The van der Waals surface area contributed by atoms with Gasteiger partial charge in [-0.3, -0.25) is 5.10 Å². The second kappa shape index (κ2) is 6.19. The molecule has 1 aliphatic carbocycles. The van der Waals surface area contributed by atoms with Crippen molar-refractivity contribution in [2.24, 2.45) is 0 Å². The van der Waals surface area contributed by atoms with Crippen molar-refractivity contribution in [3.63, 3.8) is 0 Å². The van der Waals surface area contributed by atoms with Gasteiger partial charge in [0.25, 0.3) is 0 Å². The lowest BCUT2D eigenvalue weighted by Crippen LogP contribution is -2.34. The van der Waals surface area contributed by atoms with Crippen molar-refractivity contribution in [2.75, 3.05) is 13.2 Å². The summed E-state index contributed by atoms with van der Waals surface area (Å²) >= 11 is 6.14. The summed E-state index contributed by atoms with van der Waals surface area (Å²) in [6.07, 6.45) is 6.38. The van der Waals surface area contributed by atoms with Crippen LogP contribution in [0.4, 0.5) is 0 Å². The van der Waals surface area contributed by atoms with Crippen LogP contribution in [0, 0.1) is 0 Å². The Morgan fingerprint density at radius 1 is 1.32 bits per heavy atom. The molecule has 0 bridgehead atoms. The van der Waals surface area contributed by atoms with E-state index >= 15 is 0 Å². The maximum atomic E-state index is 6.14. The molecule has 2 heterocycles. The molecule has 5 heteroatoms. The summed E-state index contributed by atoms with van der Waals surface area (Å²) in [6, 6.07) is 5.88. The molecule has 22 heavy (non-hydrogen) atoms. The third-order valence-corrected chi connectivity index (χ3v) is 5.13. The van der Waals surface area contributed by atoms with Gasteiger partial charge in [-0.2, -0.15) is 5.10 Å². The fourth-order valence-corrected chi connectivity index (χ4v) is 3.70. The fourth-order valence-electron chi connectivity index (χ4n) is 3.53. The van der Waals surface area contributed by atoms with Crippen LogP contribution in [0.15, 0.2) is 18.2 Å². The van der Waals surface area contributed by atoms with Gasteiger partial charge in [-0.25, -0.2) is 0 Å². The van der Waals surface area contributed by atoms with Crippen molar-refractivity contribution in [1.82, 2.24) is 10.2 Å². The van der Waals surface area contributed by atoms with E-state index in [0.717, 1.165) is 48.4 Å². The normalized spacial score (nSPS) is 28.7. The van der Waals surface area contributed by atoms with E-state index < -0.39 is 0 Å². The Morgan fingerprint density at radius 2 is 2.23 bits per heavy atom. The van der Waals surface area contributed by atoms with E-state index in [9.17, 15) is 0 Å². The van der Waals surface area contributed by atoms with Crippen LogP contribution in [-0.4, -0.2) is 35.6 Å². The maximum Gasteiger partial charge on any atom is 0.0924 e. The van der Waals surface area contributed by atoms with Gasteiger partial charge < -0.3 is 9.47 Å². The van der Waals surface area contributed by atoms with Crippen LogP contribution in [0.25, 0.3) is 10.9 Å². The van der Waals surface area contributed by atoms with Crippen molar-refractivity contribution in [3.8, 4) is 0 Å². The zero-order chi connectivity index (χ0) is 14.9. The van der Waals surface area contributed by atoms with Crippen LogP contribution in [0.2, 0.25) is 5.02 Å². The summed E-state index contributed by atoms with van der Waals surface area (Å²) in [4.78, 5) is 0. The number of halogens is 1. The zero-order valence-electron chi connectivity index (χ0n) is 12.6. The highest BCUT2D eigenvalue weighted by molar-refractivity contribution is 6.31. The average Bonchev–Trinajstić information content (AvgIpc) is 2.89. The minimum absolute atomic E-state index is 0.326. The average molecular weight is 321 g/mol. The molecule has 1 N–H and O–H groups in total. The third kappa shape index (κ3) is 2.87. The fraction of sp³-hybridized carbons (Fsp3) is 0.588. The van der Waals surface area contributed by atoms with E-state index in [4.69, 9.17) is 21.1 Å². The first-order valence-corrected chi connectivity index (χ1v) is 8.54. The molecule has 3 atom stereocenters. The second-order valence-electron chi connectivity index (χ2n) is 6.40. The summed E-state index contributed by atoms with van der Waals surface area (Å²) < 4.78 is 11.5. The summed E-state index contributed by atoms with van der Waals surface area (Å²) in [7, 11) is 0. The Hall–Kier alpha value is -1.10. The Kier molecular flexibility index (Phi) is 4.07. The van der Waals surface area contributed by atoms with E-state index in [-0.39, 0.29) is 0 Å². The van der Waals surface area contributed by atoms with Gasteiger partial charge in [-0.05, 0) is 43.9 Å². The number of fused-ring (bicyclic) bond motifs is 1. The lowest BCUT2D eigenvalue weighted by atomic mass is 9.84. The molecule has 4 rings (SSSR count). The first-order chi connectivity index (χ1) is 10.8. The predicted molar refractivity (Wildman–Crippen MR) is 86.4 cm³/mol. The Morgan fingerprint density at radius 3 is 3.05 bits per heavy atom. The molecule has 1 aliphatic heterocycles. The predicted octanol–water partition coefficient (Wildman–Crippen LogP) is 4.05. The number of H-pyrrole nitrogens is 1. The lowest BCUT2D eigenvalue weighted by Gasteiger charge is -2.32. The molecule has 2 fully saturated rings. The van der Waals surface area contributed by atoms with Gasteiger partial charge in [-0.15, -0.1) is 0 Å². The number of nitrogens with zero attached hydrogens (tertiary/aromatic N) is 1. The minimum atomic E-state index is 0.326.